The number of carbonyl (C=O) groups excluding carboxylic acids is 1. The number of amides is 1. The van der Waals surface area contributed by atoms with Gasteiger partial charge in [-0.1, -0.05) is 13.8 Å². The molecule has 0 radical (unpaired) electrons. The largest absolute Gasteiger partial charge is 0.491 e. The lowest BCUT2D eigenvalue weighted by Gasteiger charge is -2.13. The van der Waals surface area contributed by atoms with Gasteiger partial charge in [-0.3, -0.25) is 4.79 Å². The number of anilines is 1. The Bertz CT molecular complexity index is 473. The highest BCUT2D eigenvalue weighted by Crippen LogP contribution is 2.22. The maximum absolute atomic E-state index is 12.0. The van der Waals surface area contributed by atoms with Crippen LogP contribution >= 0.6 is 0 Å². The van der Waals surface area contributed by atoms with E-state index in [0.29, 0.717) is 36.1 Å². The van der Waals surface area contributed by atoms with Gasteiger partial charge in [0.1, 0.15) is 5.75 Å². The molecule has 3 N–H and O–H groups in total. The summed E-state index contributed by atoms with van der Waals surface area (Å²) in [6.45, 7) is 6.52. The zero-order chi connectivity index (χ0) is 16.5. The van der Waals surface area contributed by atoms with Gasteiger partial charge in [0.25, 0.3) is 5.91 Å². The molecule has 0 aliphatic carbocycles. The molecule has 22 heavy (non-hydrogen) atoms. The highest BCUT2D eigenvalue weighted by Gasteiger charge is 2.09. The van der Waals surface area contributed by atoms with Crippen LogP contribution in [0.1, 0.15) is 37.0 Å². The van der Waals surface area contributed by atoms with Crippen LogP contribution < -0.4 is 15.8 Å². The molecule has 0 saturated heterocycles. The molecule has 0 atom stereocenters. The minimum atomic E-state index is -0.0912. The van der Waals surface area contributed by atoms with Crippen molar-refractivity contribution in [2.24, 2.45) is 5.92 Å². The molecular weight excluding hydrogens is 278 g/mol. The van der Waals surface area contributed by atoms with E-state index in [1.54, 1.807) is 18.2 Å². The number of nitrogens with two attached hydrogens (primary N) is 1. The summed E-state index contributed by atoms with van der Waals surface area (Å²) in [4.78, 5) is 14.1. The molecule has 0 unspecified atom stereocenters. The van der Waals surface area contributed by atoms with Gasteiger partial charge in [0.2, 0.25) is 0 Å². The average molecular weight is 307 g/mol. The molecule has 0 saturated carbocycles. The van der Waals surface area contributed by atoms with Crippen molar-refractivity contribution in [1.82, 2.24) is 10.2 Å². The number of carbonyl (C=O) groups is 1. The summed E-state index contributed by atoms with van der Waals surface area (Å²) in [5.74, 6) is 1.12. The van der Waals surface area contributed by atoms with E-state index in [1.807, 2.05) is 14.1 Å². The van der Waals surface area contributed by atoms with E-state index < -0.39 is 0 Å². The monoisotopic (exact) mass is 307 g/mol. The SMILES string of the molecule is CC(C)CCNC(=O)c1ccc(OCCCN(C)C)c(N)c1. The number of benzene rings is 1. The summed E-state index contributed by atoms with van der Waals surface area (Å²) in [7, 11) is 4.06. The topological polar surface area (TPSA) is 67.6 Å². The van der Waals surface area contributed by atoms with Gasteiger partial charge in [-0.25, -0.2) is 0 Å². The Morgan fingerprint density at radius 2 is 2.09 bits per heavy atom. The Hall–Kier alpha value is -1.75. The molecule has 0 bridgehead atoms. The standard InChI is InChI=1S/C17H29N3O2/c1-13(2)8-9-19-17(21)14-6-7-16(15(18)12-14)22-11-5-10-20(3)4/h6-7,12-13H,5,8-11,18H2,1-4H3,(H,19,21). The van der Waals surface area contributed by atoms with Crippen LogP contribution in [0.4, 0.5) is 5.69 Å². The lowest BCUT2D eigenvalue weighted by atomic mass is 10.1. The van der Waals surface area contributed by atoms with Gasteiger partial charge >= 0.3 is 0 Å². The zero-order valence-electron chi connectivity index (χ0n) is 14.2. The fourth-order valence-electron chi connectivity index (χ4n) is 1.96. The Morgan fingerprint density at radius 1 is 1.36 bits per heavy atom. The molecule has 1 aromatic rings. The van der Waals surface area contributed by atoms with Crippen LogP contribution in [0.25, 0.3) is 0 Å². The van der Waals surface area contributed by atoms with Crippen molar-refractivity contribution in [1.29, 1.82) is 0 Å². The summed E-state index contributed by atoms with van der Waals surface area (Å²) in [5.41, 5.74) is 7.04. The molecular formula is C17H29N3O2. The summed E-state index contributed by atoms with van der Waals surface area (Å²) < 4.78 is 5.65. The maximum Gasteiger partial charge on any atom is 0.251 e. The first-order valence-electron chi connectivity index (χ1n) is 7.85. The van der Waals surface area contributed by atoms with E-state index in [2.05, 4.69) is 24.1 Å². The molecule has 1 amide bonds. The van der Waals surface area contributed by atoms with Crippen molar-refractivity contribution in [3.8, 4) is 5.75 Å². The zero-order valence-corrected chi connectivity index (χ0v) is 14.2. The third kappa shape index (κ3) is 6.80. The predicted molar refractivity (Wildman–Crippen MR) is 91.3 cm³/mol. The molecule has 0 aromatic heterocycles. The third-order valence-corrected chi connectivity index (χ3v) is 3.29. The Kier molecular flexibility index (Phi) is 7.74. The lowest BCUT2D eigenvalue weighted by Crippen LogP contribution is -2.25. The van der Waals surface area contributed by atoms with Crippen LogP contribution in [-0.2, 0) is 0 Å². The van der Waals surface area contributed by atoms with Crippen molar-refractivity contribution in [3.63, 3.8) is 0 Å². The van der Waals surface area contributed by atoms with Gasteiger partial charge in [-0.2, -0.15) is 0 Å². The van der Waals surface area contributed by atoms with Gasteiger partial charge in [0.05, 0.1) is 12.3 Å². The highest BCUT2D eigenvalue weighted by atomic mass is 16.5. The van der Waals surface area contributed by atoms with E-state index >= 15 is 0 Å². The van der Waals surface area contributed by atoms with Gasteiger partial charge in [-0.15, -0.1) is 0 Å². The van der Waals surface area contributed by atoms with Crippen LogP contribution in [0.5, 0.6) is 5.75 Å². The summed E-state index contributed by atoms with van der Waals surface area (Å²) >= 11 is 0. The predicted octanol–water partition coefficient (Wildman–Crippen LogP) is 2.38. The van der Waals surface area contributed by atoms with E-state index in [1.165, 1.54) is 0 Å². The van der Waals surface area contributed by atoms with Crippen molar-refractivity contribution < 1.29 is 9.53 Å². The number of hydrogen-bond donors (Lipinski definition) is 2. The second-order valence-electron chi connectivity index (χ2n) is 6.20. The minimum absolute atomic E-state index is 0.0912. The molecule has 0 aliphatic rings. The first kappa shape index (κ1) is 18.3. The number of nitrogens with one attached hydrogen (secondary N) is 1. The Morgan fingerprint density at radius 3 is 2.68 bits per heavy atom. The molecule has 1 aromatic carbocycles. The normalized spacial score (nSPS) is 11.0. The number of nitrogen functional groups attached to an aromatic ring is 1. The van der Waals surface area contributed by atoms with E-state index in [-0.39, 0.29) is 5.91 Å². The molecule has 0 heterocycles. The molecule has 5 heteroatoms. The van der Waals surface area contributed by atoms with E-state index in [4.69, 9.17) is 10.5 Å². The maximum atomic E-state index is 12.0. The second-order valence-corrected chi connectivity index (χ2v) is 6.20. The van der Waals surface area contributed by atoms with Crippen LogP contribution in [-0.4, -0.2) is 44.6 Å². The molecule has 0 fully saturated rings. The summed E-state index contributed by atoms with van der Waals surface area (Å²) in [6.07, 6.45) is 1.90. The van der Waals surface area contributed by atoms with Crippen molar-refractivity contribution in [3.05, 3.63) is 23.8 Å². The average Bonchev–Trinajstić information content (AvgIpc) is 2.44. The first-order chi connectivity index (χ1) is 10.4. The molecule has 0 aliphatic heterocycles. The Labute approximate surface area is 133 Å². The molecule has 5 nitrogen and oxygen atoms in total. The summed E-state index contributed by atoms with van der Waals surface area (Å²) in [5, 5.41) is 2.90. The van der Waals surface area contributed by atoms with Gasteiger partial charge in [0.15, 0.2) is 0 Å². The number of nitrogens with zero attached hydrogens (tertiary/aromatic N) is 1. The number of hydrogen-bond acceptors (Lipinski definition) is 4. The van der Waals surface area contributed by atoms with Gasteiger partial charge < -0.3 is 20.7 Å². The number of rotatable bonds is 9. The smallest absolute Gasteiger partial charge is 0.251 e. The lowest BCUT2D eigenvalue weighted by molar-refractivity contribution is 0.0952. The summed E-state index contributed by atoms with van der Waals surface area (Å²) in [6, 6.07) is 5.19. The fourth-order valence-corrected chi connectivity index (χ4v) is 1.96. The van der Waals surface area contributed by atoms with Crippen molar-refractivity contribution in [2.75, 3.05) is 39.5 Å². The van der Waals surface area contributed by atoms with Crippen LogP contribution in [0.3, 0.4) is 0 Å². The highest BCUT2D eigenvalue weighted by molar-refractivity contribution is 5.95. The van der Waals surface area contributed by atoms with E-state index in [9.17, 15) is 4.79 Å². The van der Waals surface area contributed by atoms with Gasteiger partial charge in [0, 0.05) is 18.7 Å². The van der Waals surface area contributed by atoms with Crippen LogP contribution in [0, 0.1) is 5.92 Å². The minimum Gasteiger partial charge on any atom is -0.491 e. The second kappa shape index (κ2) is 9.30. The van der Waals surface area contributed by atoms with E-state index in [0.717, 1.165) is 19.4 Å². The fraction of sp³-hybridized carbons (Fsp3) is 0.588. The van der Waals surface area contributed by atoms with Crippen LogP contribution in [0.15, 0.2) is 18.2 Å². The van der Waals surface area contributed by atoms with Crippen molar-refractivity contribution in [2.45, 2.75) is 26.7 Å². The van der Waals surface area contributed by atoms with Crippen LogP contribution in [0.2, 0.25) is 0 Å². The third-order valence-electron chi connectivity index (χ3n) is 3.29. The quantitative estimate of drug-likeness (QED) is 0.543. The van der Waals surface area contributed by atoms with Crippen molar-refractivity contribution >= 4 is 11.6 Å². The van der Waals surface area contributed by atoms with Gasteiger partial charge in [-0.05, 0) is 51.1 Å². The molecule has 124 valence electrons. The molecule has 1 rings (SSSR count). The number of ether oxygens (including phenoxy) is 1. The first-order valence-corrected chi connectivity index (χ1v) is 7.85. The Balaban J connectivity index is 2.48. The molecule has 0 spiro atoms.